The van der Waals surface area contributed by atoms with Crippen molar-refractivity contribution < 1.29 is 9.90 Å². The Morgan fingerprint density at radius 3 is 2.45 bits per heavy atom. The molecule has 0 radical (unpaired) electrons. The van der Waals surface area contributed by atoms with Crippen LogP contribution >= 0.6 is 0 Å². The molecule has 0 bridgehead atoms. The Morgan fingerprint density at radius 1 is 1.35 bits per heavy atom. The molecule has 2 atom stereocenters. The van der Waals surface area contributed by atoms with Crippen molar-refractivity contribution in [1.29, 1.82) is 0 Å². The van der Waals surface area contributed by atoms with Crippen LogP contribution in [0.4, 0.5) is 0 Å². The molecule has 0 heterocycles. The topological polar surface area (TPSA) is 61.4 Å². The number of hydrogen-bond donors (Lipinski definition) is 3. The average molecular weight is 282 g/mol. The summed E-state index contributed by atoms with van der Waals surface area (Å²) in [5.74, 6) is 0. The largest absolute Gasteiger partial charge is 0.390 e. The number of carbonyl (C=O) groups excluding carboxylic acids is 1. The second-order valence-corrected chi connectivity index (χ2v) is 6.00. The number of aliphatic hydroxyl groups is 1. The van der Waals surface area contributed by atoms with Gasteiger partial charge in [0.05, 0.1) is 12.1 Å². The number of aliphatic hydroxyl groups excluding tert-OH is 1. The van der Waals surface area contributed by atoms with E-state index in [-0.39, 0.29) is 11.6 Å². The molecular formula is C16H30N2O2. The summed E-state index contributed by atoms with van der Waals surface area (Å²) in [5.41, 5.74) is 1.15. The van der Waals surface area contributed by atoms with E-state index in [0.717, 1.165) is 6.42 Å². The summed E-state index contributed by atoms with van der Waals surface area (Å²) in [6, 6.07) is -0.265. The molecule has 1 amide bonds. The molecule has 4 nitrogen and oxygen atoms in total. The molecule has 0 rings (SSSR count). The second-order valence-electron chi connectivity index (χ2n) is 6.00. The highest BCUT2D eigenvalue weighted by molar-refractivity contribution is 5.47. The van der Waals surface area contributed by atoms with E-state index in [1.54, 1.807) is 0 Å². The van der Waals surface area contributed by atoms with Gasteiger partial charge in [0.15, 0.2) is 0 Å². The van der Waals surface area contributed by atoms with Gasteiger partial charge in [-0.15, -0.1) is 0 Å². The lowest BCUT2D eigenvalue weighted by Crippen LogP contribution is -2.49. The van der Waals surface area contributed by atoms with Crippen LogP contribution in [-0.2, 0) is 4.79 Å². The van der Waals surface area contributed by atoms with Gasteiger partial charge in [-0.1, -0.05) is 30.7 Å². The van der Waals surface area contributed by atoms with Gasteiger partial charge in [-0.05, 0) is 40.5 Å². The Hall–Kier alpha value is -1.13. The molecular weight excluding hydrogens is 252 g/mol. The highest BCUT2D eigenvalue weighted by Gasteiger charge is 2.21. The first kappa shape index (κ1) is 18.9. The van der Waals surface area contributed by atoms with Gasteiger partial charge in [0.25, 0.3) is 0 Å². The predicted molar refractivity (Wildman–Crippen MR) is 84.6 cm³/mol. The number of hydrogen-bond acceptors (Lipinski definition) is 3. The van der Waals surface area contributed by atoms with Crippen LogP contribution in [-0.4, -0.2) is 35.7 Å². The lowest BCUT2D eigenvalue weighted by molar-refractivity contribution is -0.110. The van der Waals surface area contributed by atoms with Crippen molar-refractivity contribution in [2.45, 2.75) is 65.1 Å². The van der Waals surface area contributed by atoms with E-state index in [0.29, 0.717) is 19.4 Å². The molecule has 0 aromatic carbocycles. The van der Waals surface area contributed by atoms with Gasteiger partial charge in [-0.3, -0.25) is 4.79 Å². The number of amides is 1. The normalized spacial score (nSPS) is 16.2. The third-order valence-corrected chi connectivity index (χ3v) is 3.05. The van der Waals surface area contributed by atoms with Crippen LogP contribution in [0.1, 0.15) is 47.5 Å². The maximum atomic E-state index is 10.7. The molecule has 20 heavy (non-hydrogen) atoms. The molecule has 0 saturated carbocycles. The molecule has 0 aliphatic heterocycles. The molecule has 0 aromatic rings. The van der Waals surface area contributed by atoms with Gasteiger partial charge in [0.2, 0.25) is 6.41 Å². The number of β-amino-alcohol motifs (C(OH)–C–C–N with tert-alkyl or cyclic N) is 1. The zero-order chi connectivity index (χ0) is 15.6. The summed E-state index contributed by atoms with van der Waals surface area (Å²) >= 11 is 0. The number of allylic oxidation sites excluding steroid dienone is 3. The molecule has 0 fully saturated rings. The van der Waals surface area contributed by atoms with Crippen molar-refractivity contribution >= 4 is 6.41 Å². The summed E-state index contributed by atoms with van der Waals surface area (Å²) in [6.07, 6.45) is 7.61. The average Bonchev–Trinajstić information content (AvgIpc) is 2.38. The van der Waals surface area contributed by atoms with Crippen LogP contribution < -0.4 is 10.6 Å². The third kappa shape index (κ3) is 8.88. The summed E-state index contributed by atoms with van der Waals surface area (Å²) < 4.78 is 0. The lowest BCUT2D eigenvalue weighted by atomic mass is 9.98. The van der Waals surface area contributed by atoms with Crippen molar-refractivity contribution in [2.75, 3.05) is 6.54 Å². The Kier molecular flexibility index (Phi) is 9.17. The summed E-state index contributed by atoms with van der Waals surface area (Å²) in [5, 5.41) is 16.2. The van der Waals surface area contributed by atoms with Crippen LogP contribution in [0.15, 0.2) is 23.8 Å². The predicted octanol–water partition coefficient (Wildman–Crippen LogP) is 2.15. The lowest BCUT2D eigenvalue weighted by Gasteiger charge is -2.28. The molecule has 3 N–H and O–H groups in total. The monoisotopic (exact) mass is 282 g/mol. The summed E-state index contributed by atoms with van der Waals surface area (Å²) in [6.45, 7) is 10.6. The third-order valence-electron chi connectivity index (χ3n) is 3.05. The first-order valence-electron chi connectivity index (χ1n) is 7.27. The number of nitrogens with one attached hydrogen (secondary N) is 2. The minimum Gasteiger partial charge on any atom is -0.390 e. The van der Waals surface area contributed by atoms with Gasteiger partial charge < -0.3 is 15.7 Å². The maximum absolute atomic E-state index is 10.7. The van der Waals surface area contributed by atoms with E-state index < -0.39 is 6.10 Å². The molecule has 0 aromatic heterocycles. The Bertz CT molecular complexity index is 330. The quantitative estimate of drug-likeness (QED) is 0.448. The Balaban J connectivity index is 4.64. The second kappa shape index (κ2) is 9.72. The Labute approximate surface area is 123 Å². The van der Waals surface area contributed by atoms with Crippen molar-refractivity contribution in [1.82, 2.24) is 10.6 Å². The fourth-order valence-electron chi connectivity index (χ4n) is 1.79. The molecule has 0 aliphatic rings. The highest BCUT2D eigenvalue weighted by Crippen LogP contribution is 2.13. The zero-order valence-corrected chi connectivity index (χ0v) is 13.4. The van der Waals surface area contributed by atoms with E-state index in [2.05, 4.69) is 17.6 Å². The van der Waals surface area contributed by atoms with Crippen LogP contribution in [0.5, 0.6) is 0 Å². The van der Waals surface area contributed by atoms with Gasteiger partial charge in [0, 0.05) is 12.1 Å². The fourth-order valence-corrected chi connectivity index (χ4v) is 1.79. The summed E-state index contributed by atoms with van der Waals surface area (Å²) in [4.78, 5) is 10.7. The molecule has 4 heteroatoms. The highest BCUT2D eigenvalue weighted by atomic mass is 16.3. The van der Waals surface area contributed by atoms with E-state index in [4.69, 9.17) is 0 Å². The maximum Gasteiger partial charge on any atom is 0.207 e. The standard InChI is InChI=1S/C16H30N2O2/c1-6-8-9-13(7-2)10-14(17-12-19)15(20)11-18-16(3,4)5/h6,8-9,12,14-15,18,20H,7,10-11H2,1-5H3,(H,17,19)/b8-6-,13-9+. The first-order valence-corrected chi connectivity index (χ1v) is 7.27. The summed E-state index contributed by atoms with van der Waals surface area (Å²) in [7, 11) is 0. The molecule has 0 saturated heterocycles. The van der Waals surface area contributed by atoms with Crippen molar-refractivity contribution in [3.63, 3.8) is 0 Å². The van der Waals surface area contributed by atoms with Crippen LogP contribution in [0.3, 0.4) is 0 Å². The van der Waals surface area contributed by atoms with E-state index in [9.17, 15) is 9.90 Å². The molecule has 116 valence electrons. The van der Waals surface area contributed by atoms with E-state index >= 15 is 0 Å². The first-order chi connectivity index (χ1) is 9.34. The van der Waals surface area contributed by atoms with Gasteiger partial charge in [-0.2, -0.15) is 0 Å². The smallest absolute Gasteiger partial charge is 0.207 e. The van der Waals surface area contributed by atoms with Crippen molar-refractivity contribution in [3.8, 4) is 0 Å². The minimum absolute atomic E-state index is 0.0545. The van der Waals surface area contributed by atoms with E-state index in [1.807, 2.05) is 45.9 Å². The molecule has 0 aliphatic carbocycles. The van der Waals surface area contributed by atoms with Gasteiger partial charge in [0.1, 0.15) is 0 Å². The van der Waals surface area contributed by atoms with Crippen LogP contribution in [0.2, 0.25) is 0 Å². The van der Waals surface area contributed by atoms with E-state index in [1.165, 1.54) is 5.57 Å². The SMILES string of the molecule is C/C=C\C=C(/CC)CC(NC=O)C(O)CNC(C)(C)C. The minimum atomic E-state index is -0.611. The van der Waals surface area contributed by atoms with Crippen molar-refractivity contribution in [3.05, 3.63) is 23.8 Å². The van der Waals surface area contributed by atoms with Crippen LogP contribution in [0.25, 0.3) is 0 Å². The van der Waals surface area contributed by atoms with Crippen LogP contribution in [0, 0.1) is 0 Å². The fraction of sp³-hybridized carbons (Fsp3) is 0.688. The van der Waals surface area contributed by atoms with Gasteiger partial charge in [-0.25, -0.2) is 0 Å². The van der Waals surface area contributed by atoms with Crippen molar-refractivity contribution in [2.24, 2.45) is 0 Å². The number of rotatable bonds is 9. The molecule has 2 unspecified atom stereocenters. The number of carbonyl (C=O) groups is 1. The molecule has 0 spiro atoms. The van der Waals surface area contributed by atoms with Gasteiger partial charge >= 0.3 is 0 Å². The Morgan fingerprint density at radius 2 is 2.00 bits per heavy atom. The zero-order valence-electron chi connectivity index (χ0n) is 13.4.